The fraction of sp³-hybridized carbons (Fsp3) is 0.417. The lowest BCUT2D eigenvalue weighted by atomic mass is 10.1. The second-order valence-electron chi connectivity index (χ2n) is 3.89. The number of nitrogens with zero attached hydrogens (tertiary/aromatic N) is 1. The molecule has 1 unspecified atom stereocenters. The minimum absolute atomic E-state index is 0.0923. The first-order valence-corrected chi connectivity index (χ1v) is 5.43. The molecule has 0 spiro atoms. The van der Waals surface area contributed by atoms with Crippen LogP contribution in [-0.2, 0) is 9.53 Å². The Morgan fingerprint density at radius 1 is 1.41 bits per heavy atom. The predicted molar refractivity (Wildman–Crippen MR) is 64.2 cm³/mol. The van der Waals surface area contributed by atoms with Crippen LogP contribution in [0, 0.1) is 0 Å². The first-order valence-electron chi connectivity index (χ1n) is 5.43. The number of carbonyl (C=O) groups excluding carboxylic acids is 1. The number of rotatable bonds is 4. The molecule has 1 aromatic carbocycles. The van der Waals surface area contributed by atoms with Gasteiger partial charge in [0, 0.05) is 25.3 Å². The highest BCUT2D eigenvalue weighted by atomic mass is 16.5. The summed E-state index contributed by atoms with van der Waals surface area (Å²) in [4.78, 5) is 13.6. The average Bonchev–Trinajstić information content (AvgIpc) is 2.59. The summed E-state index contributed by atoms with van der Waals surface area (Å²) in [5, 5.41) is 0. The summed E-state index contributed by atoms with van der Waals surface area (Å²) in [6, 6.07) is 4.90. The van der Waals surface area contributed by atoms with E-state index in [0.29, 0.717) is 18.9 Å². The topological polar surface area (TPSA) is 64.8 Å². The van der Waals surface area contributed by atoms with E-state index < -0.39 is 6.04 Å². The van der Waals surface area contributed by atoms with Gasteiger partial charge in [-0.1, -0.05) is 6.07 Å². The lowest BCUT2D eigenvalue weighted by Gasteiger charge is -2.17. The van der Waals surface area contributed by atoms with Crippen LogP contribution >= 0.6 is 0 Å². The van der Waals surface area contributed by atoms with Crippen LogP contribution in [-0.4, -0.2) is 33.3 Å². The molecule has 0 bridgehead atoms. The van der Waals surface area contributed by atoms with Crippen molar-refractivity contribution in [2.45, 2.75) is 6.04 Å². The van der Waals surface area contributed by atoms with Crippen molar-refractivity contribution < 1.29 is 14.3 Å². The summed E-state index contributed by atoms with van der Waals surface area (Å²) in [7, 11) is 3.20. The zero-order valence-corrected chi connectivity index (χ0v) is 9.97. The Morgan fingerprint density at radius 2 is 2.18 bits per heavy atom. The van der Waals surface area contributed by atoms with Gasteiger partial charge in [0.05, 0.1) is 19.4 Å². The molecule has 0 fully saturated rings. The number of benzene rings is 1. The van der Waals surface area contributed by atoms with Crippen molar-refractivity contribution in [1.82, 2.24) is 0 Å². The van der Waals surface area contributed by atoms with Crippen molar-refractivity contribution in [3.05, 3.63) is 23.8 Å². The van der Waals surface area contributed by atoms with Gasteiger partial charge in [-0.3, -0.25) is 4.79 Å². The molecule has 92 valence electrons. The van der Waals surface area contributed by atoms with Gasteiger partial charge in [0.2, 0.25) is 5.91 Å². The number of carbonyl (C=O) groups is 1. The number of ether oxygens (including phenoxy) is 2. The maximum Gasteiger partial charge on any atom is 0.248 e. The van der Waals surface area contributed by atoms with E-state index in [0.717, 1.165) is 11.3 Å². The lowest BCUT2D eigenvalue weighted by Crippen LogP contribution is -2.34. The van der Waals surface area contributed by atoms with Gasteiger partial charge in [0.15, 0.2) is 0 Å². The van der Waals surface area contributed by atoms with Gasteiger partial charge < -0.3 is 20.1 Å². The second kappa shape index (κ2) is 4.73. The van der Waals surface area contributed by atoms with Crippen molar-refractivity contribution in [1.29, 1.82) is 0 Å². The summed E-state index contributed by atoms with van der Waals surface area (Å²) in [5.41, 5.74) is 7.53. The number of fused-ring (bicyclic) bond motifs is 1. The summed E-state index contributed by atoms with van der Waals surface area (Å²) < 4.78 is 10.1. The highest BCUT2D eigenvalue weighted by molar-refractivity contribution is 6.04. The standard InChI is InChI=1S/C12H16N2O3/c1-16-6-5-14-10-7-8(17-2)3-4-9(10)11(13)12(14)15/h3-4,7,11H,5-6,13H2,1-2H3. The quantitative estimate of drug-likeness (QED) is 0.835. The van der Waals surface area contributed by atoms with Gasteiger partial charge in [-0.15, -0.1) is 0 Å². The molecule has 0 saturated carbocycles. The van der Waals surface area contributed by atoms with Crippen LogP contribution in [0.2, 0.25) is 0 Å². The van der Waals surface area contributed by atoms with Gasteiger partial charge >= 0.3 is 0 Å². The third-order valence-corrected chi connectivity index (χ3v) is 2.91. The van der Waals surface area contributed by atoms with Crippen molar-refractivity contribution in [3.8, 4) is 5.75 Å². The van der Waals surface area contributed by atoms with E-state index in [1.54, 1.807) is 19.1 Å². The number of nitrogens with two attached hydrogens (primary N) is 1. The fourth-order valence-electron chi connectivity index (χ4n) is 1.98. The molecular weight excluding hydrogens is 220 g/mol. The Morgan fingerprint density at radius 3 is 2.82 bits per heavy atom. The molecule has 1 amide bonds. The SMILES string of the molecule is COCCN1C(=O)C(N)c2ccc(OC)cc21. The Labute approximate surface area is 100 Å². The van der Waals surface area contributed by atoms with Crippen molar-refractivity contribution >= 4 is 11.6 Å². The van der Waals surface area contributed by atoms with Crippen LogP contribution in [0.4, 0.5) is 5.69 Å². The minimum Gasteiger partial charge on any atom is -0.497 e. The average molecular weight is 236 g/mol. The minimum atomic E-state index is -0.576. The molecule has 0 radical (unpaired) electrons. The number of methoxy groups -OCH3 is 2. The van der Waals surface area contributed by atoms with Crippen LogP contribution in [0.5, 0.6) is 5.75 Å². The van der Waals surface area contributed by atoms with Gasteiger partial charge in [-0.05, 0) is 6.07 Å². The van der Waals surface area contributed by atoms with Crippen LogP contribution in [0.15, 0.2) is 18.2 Å². The molecule has 1 aromatic rings. The van der Waals surface area contributed by atoms with Crippen molar-refractivity contribution in [2.24, 2.45) is 5.73 Å². The van der Waals surface area contributed by atoms with Gasteiger partial charge in [0.1, 0.15) is 11.8 Å². The van der Waals surface area contributed by atoms with E-state index in [2.05, 4.69) is 0 Å². The number of hydrogen-bond donors (Lipinski definition) is 1. The maximum absolute atomic E-state index is 12.0. The molecule has 2 rings (SSSR count). The van der Waals surface area contributed by atoms with Gasteiger partial charge in [-0.25, -0.2) is 0 Å². The summed E-state index contributed by atoms with van der Waals surface area (Å²) >= 11 is 0. The fourth-order valence-corrected chi connectivity index (χ4v) is 1.98. The molecule has 2 N–H and O–H groups in total. The van der Waals surface area contributed by atoms with Gasteiger partial charge in [0.25, 0.3) is 0 Å². The molecule has 5 heteroatoms. The van der Waals surface area contributed by atoms with Crippen LogP contribution < -0.4 is 15.4 Å². The van der Waals surface area contributed by atoms with E-state index in [1.807, 2.05) is 18.2 Å². The monoisotopic (exact) mass is 236 g/mol. The van der Waals surface area contributed by atoms with E-state index in [4.69, 9.17) is 15.2 Å². The van der Waals surface area contributed by atoms with Crippen LogP contribution in [0.3, 0.4) is 0 Å². The Kier molecular flexibility index (Phi) is 3.31. The maximum atomic E-state index is 12.0. The van der Waals surface area contributed by atoms with E-state index in [1.165, 1.54) is 0 Å². The number of amides is 1. The lowest BCUT2D eigenvalue weighted by molar-refractivity contribution is -0.119. The molecule has 0 aliphatic carbocycles. The Hall–Kier alpha value is -1.59. The largest absolute Gasteiger partial charge is 0.497 e. The second-order valence-corrected chi connectivity index (χ2v) is 3.89. The van der Waals surface area contributed by atoms with E-state index in [9.17, 15) is 4.79 Å². The highest BCUT2D eigenvalue weighted by Crippen LogP contribution is 2.36. The molecule has 1 atom stereocenters. The summed E-state index contributed by atoms with van der Waals surface area (Å²) in [6.07, 6.45) is 0. The highest BCUT2D eigenvalue weighted by Gasteiger charge is 2.34. The zero-order chi connectivity index (χ0) is 12.4. The summed E-state index contributed by atoms with van der Waals surface area (Å²) in [6.45, 7) is 0.984. The molecule has 0 saturated heterocycles. The normalized spacial score (nSPS) is 18.4. The Balaban J connectivity index is 2.35. The van der Waals surface area contributed by atoms with Crippen molar-refractivity contribution in [2.75, 3.05) is 32.3 Å². The number of hydrogen-bond acceptors (Lipinski definition) is 4. The molecule has 5 nitrogen and oxygen atoms in total. The number of anilines is 1. The van der Waals surface area contributed by atoms with Gasteiger partial charge in [-0.2, -0.15) is 0 Å². The molecular formula is C12H16N2O3. The zero-order valence-electron chi connectivity index (χ0n) is 9.97. The van der Waals surface area contributed by atoms with E-state index in [-0.39, 0.29) is 5.91 Å². The van der Waals surface area contributed by atoms with Crippen molar-refractivity contribution in [3.63, 3.8) is 0 Å². The first-order chi connectivity index (χ1) is 8.19. The third-order valence-electron chi connectivity index (χ3n) is 2.91. The van der Waals surface area contributed by atoms with Crippen LogP contribution in [0.25, 0.3) is 0 Å². The van der Waals surface area contributed by atoms with E-state index >= 15 is 0 Å². The molecule has 0 aromatic heterocycles. The smallest absolute Gasteiger partial charge is 0.248 e. The molecule has 1 aliphatic rings. The third kappa shape index (κ3) is 1.99. The van der Waals surface area contributed by atoms with Crippen LogP contribution in [0.1, 0.15) is 11.6 Å². The first kappa shape index (κ1) is 11.9. The summed E-state index contributed by atoms with van der Waals surface area (Å²) in [5.74, 6) is 0.623. The molecule has 1 heterocycles. The predicted octanol–water partition coefficient (Wildman–Crippen LogP) is 0.688. The molecule has 17 heavy (non-hydrogen) atoms. The molecule has 1 aliphatic heterocycles. The Bertz CT molecular complexity index is 434.